The molecule has 29 heavy (non-hydrogen) atoms. The highest BCUT2D eigenvalue weighted by Gasteiger charge is 2.35. The van der Waals surface area contributed by atoms with Crippen molar-refractivity contribution in [1.82, 2.24) is 25.3 Å². The smallest absolute Gasteiger partial charge is 0.274 e. The number of anilines is 1. The molecule has 1 aromatic carbocycles. The predicted molar refractivity (Wildman–Crippen MR) is 110 cm³/mol. The number of hydrogen-bond acceptors (Lipinski definition) is 5. The Morgan fingerprint density at radius 2 is 1.72 bits per heavy atom. The van der Waals surface area contributed by atoms with Crippen molar-refractivity contribution in [3.8, 4) is 5.69 Å². The third kappa shape index (κ3) is 3.72. The van der Waals surface area contributed by atoms with Crippen LogP contribution in [0.1, 0.15) is 47.8 Å². The highest BCUT2D eigenvalue weighted by molar-refractivity contribution is 5.94. The van der Waals surface area contributed by atoms with E-state index in [2.05, 4.69) is 25.5 Å². The average Bonchev–Trinajstić information content (AvgIpc) is 3.53. The molecule has 0 radical (unpaired) electrons. The van der Waals surface area contributed by atoms with Gasteiger partial charge in [0.2, 0.25) is 0 Å². The van der Waals surface area contributed by atoms with E-state index in [9.17, 15) is 4.79 Å². The average molecular weight is 388 g/mol. The normalized spacial score (nSPS) is 17.3. The highest BCUT2D eigenvalue weighted by atomic mass is 16.2. The van der Waals surface area contributed by atoms with Gasteiger partial charge in [-0.05, 0) is 49.9 Å². The summed E-state index contributed by atoms with van der Waals surface area (Å²) < 4.78 is 1.83. The van der Waals surface area contributed by atoms with Crippen LogP contribution in [0.2, 0.25) is 0 Å². The monoisotopic (exact) mass is 388 g/mol. The van der Waals surface area contributed by atoms with Crippen LogP contribution in [0.5, 0.6) is 0 Å². The quantitative estimate of drug-likeness (QED) is 0.727. The summed E-state index contributed by atoms with van der Waals surface area (Å²) in [5.41, 5.74) is 2.37. The maximum atomic E-state index is 13.0. The lowest BCUT2D eigenvalue weighted by molar-refractivity contribution is 0.0925. The van der Waals surface area contributed by atoms with Gasteiger partial charge in [-0.15, -0.1) is 5.10 Å². The first kappa shape index (κ1) is 17.8. The molecule has 1 saturated heterocycles. The Morgan fingerprint density at radius 1 is 0.966 bits per heavy atom. The molecule has 3 heterocycles. The molecule has 2 aliphatic rings. The lowest BCUT2D eigenvalue weighted by Crippen LogP contribution is -2.45. The highest BCUT2D eigenvalue weighted by Crippen LogP contribution is 2.42. The first-order valence-corrected chi connectivity index (χ1v) is 10.3. The van der Waals surface area contributed by atoms with Crippen LogP contribution in [-0.4, -0.2) is 45.0 Å². The van der Waals surface area contributed by atoms with Crippen LogP contribution in [-0.2, 0) is 0 Å². The van der Waals surface area contributed by atoms with Crippen molar-refractivity contribution in [2.75, 3.05) is 18.0 Å². The van der Waals surface area contributed by atoms with Gasteiger partial charge in [-0.2, -0.15) is 0 Å². The van der Waals surface area contributed by atoms with Crippen LogP contribution < -0.4 is 10.2 Å². The molecule has 1 saturated carbocycles. The first-order chi connectivity index (χ1) is 14.3. The summed E-state index contributed by atoms with van der Waals surface area (Å²) in [5, 5.41) is 11.8. The van der Waals surface area contributed by atoms with E-state index in [1.54, 1.807) is 0 Å². The SMILES string of the molecule is O=C(NC1CCN(c2ccccn2)CC1)c1nnn(-c2ccccc2)c1C1CC1. The summed E-state index contributed by atoms with van der Waals surface area (Å²) in [6.45, 7) is 1.77. The molecule has 0 spiro atoms. The minimum absolute atomic E-state index is 0.106. The number of amides is 1. The van der Waals surface area contributed by atoms with Crippen molar-refractivity contribution in [3.05, 3.63) is 66.1 Å². The van der Waals surface area contributed by atoms with Crippen molar-refractivity contribution in [1.29, 1.82) is 0 Å². The second-order valence-electron chi connectivity index (χ2n) is 7.77. The number of carbonyl (C=O) groups excluding carboxylic acids is 1. The zero-order chi connectivity index (χ0) is 19.6. The number of piperidine rings is 1. The van der Waals surface area contributed by atoms with Crippen LogP contribution >= 0.6 is 0 Å². The fourth-order valence-electron chi connectivity index (χ4n) is 3.98. The van der Waals surface area contributed by atoms with Crippen molar-refractivity contribution >= 4 is 11.7 Å². The molecule has 0 bridgehead atoms. The van der Waals surface area contributed by atoms with Gasteiger partial charge in [-0.1, -0.05) is 29.5 Å². The molecule has 5 rings (SSSR count). The van der Waals surface area contributed by atoms with E-state index < -0.39 is 0 Å². The maximum Gasteiger partial charge on any atom is 0.274 e. The topological polar surface area (TPSA) is 75.9 Å². The Labute approximate surface area is 169 Å². The van der Waals surface area contributed by atoms with E-state index in [1.807, 2.05) is 59.4 Å². The Hall–Kier alpha value is -3.22. The number of hydrogen-bond donors (Lipinski definition) is 1. The van der Waals surface area contributed by atoms with E-state index in [1.165, 1.54) is 0 Å². The van der Waals surface area contributed by atoms with Gasteiger partial charge < -0.3 is 10.2 Å². The summed E-state index contributed by atoms with van der Waals surface area (Å²) >= 11 is 0. The van der Waals surface area contributed by atoms with Gasteiger partial charge >= 0.3 is 0 Å². The van der Waals surface area contributed by atoms with Gasteiger partial charge in [0, 0.05) is 31.2 Å². The Balaban J connectivity index is 1.28. The number of carbonyl (C=O) groups is 1. The van der Waals surface area contributed by atoms with Crippen molar-refractivity contribution < 1.29 is 4.79 Å². The lowest BCUT2D eigenvalue weighted by atomic mass is 10.0. The number of rotatable bonds is 5. The molecule has 148 valence electrons. The minimum atomic E-state index is -0.106. The van der Waals surface area contributed by atoms with Gasteiger partial charge in [0.1, 0.15) is 5.82 Å². The summed E-state index contributed by atoms with van der Waals surface area (Å²) in [5.74, 6) is 1.27. The third-order valence-electron chi connectivity index (χ3n) is 5.69. The molecule has 0 unspecified atom stereocenters. The van der Waals surface area contributed by atoms with E-state index >= 15 is 0 Å². The maximum absolute atomic E-state index is 13.0. The van der Waals surface area contributed by atoms with E-state index in [-0.39, 0.29) is 11.9 Å². The molecule has 1 N–H and O–H groups in total. The summed E-state index contributed by atoms with van der Waals surface area (Å²) in [4.78, 5) is 19.7. The van der Waals surface area contributed by atoms with Crippen molar-refractivity contribution in [3.63, 3.8) is 0 Å². The van der Waals surface area contributed by atoms with Gasteiger partial charge in [0.25, 0.3) is 5.91 Å². The predicted octanol–water partition coefficient (Wildman–Crippen LogP) is 2.94. The standard InChI is InChI=1S/C22H24N6O/c29-22(24-17-11-14-27(15-12-17)19-8-4-5-13-23-19)20-21(16-9-10-16)28(26-25-20)18-6-2-1-3-7-18/h1-8,13,16-17H,9-12,14-15H2,(H,24,29). The van der Waals surface area contributed by atoms with Gasteiger partial charge in [-0.25, -0.2) is 9.67 Å². The summed E-state index contributed by atoms with van der Waals surface area (Å²) in [6.07, 6.45) is 5.78. The number of aromatic nitrogens is 4. The van der Waals surface area contributed by atoms with Gasteiger partial charge in [-0.3, -0.25) is 4.79 Å². The fourth-order valence-corrected chi connectivity index (χ4v) is 3.98. The van der Waals surface area contributed by atoms with E-state index in [0.29, 0.717) is 11.6 Å². The second-order valence-corrected chi connectivity index (χ2v) is 7.77. The first-order valence-electron chi connectivity index (χ1n) is 10.3. The minimum Gasteiger partial charge on any atom is -0.356 e. The molecule has 3 aromatic rings. The Bertz CT molecular complexity index is 975. The van der Waals surface area contributed by atoms with E-state index in [4.69, 9.17) is 0 Å². The third-order valence-corrected chi connectivity index (χ3v) is 5.69. The van der Waals surface area contributed by atoms with Crippen LogP contribution in [0.4, 0.5) is 5.82 Å². The fraction of sp³-hybridized carbons (Fsp3) is 0.364. The zero-order valence-electron chi connectivity index (χ0n) is 16.2. The van der Waals surface area contributed by atoms with Crippen molar-refractivity contribution in [2.24, 2.45) is 0 Å². The molecule has 1 aliphatic carbocycles. The van der Waals surface area contributed by atoms with Gasteiger partial charge in [0.05, 0.1) is 11.4 Å². The molecular weight excluding hydrogens is 364 g/mol. The largest absolute Gasteiger partial charge is 0.356 e. The molecule has 1 aliphatic heterocycles. The number of pyridine rings is 1. The Kier molecular flexibility index (Phi) is 4.71. The molecule has 7 nitrogen and oxygen atoms in total. The van der Waals surface area contributed by atoms with Crippen LogP contribution in [0, 0.1) is 0 Å². The zero-order valence-corrected chi connectivity index (χ0v) is 16.2. The second kappa shape index (κ2) is 7.66. The van der Waals surface area contributed by atoms with Crippen molar-refractivity contribution in [2.45, 2.75) is 37.6 Å². The molecule has 7 heteroatoms. The molecule has 0 atom stereocenters. The van der Waals surface area contributed by atoms with Crippen LogP contribution in [0.25, 0.3) is 5.69 Å². The number of para-hydroxylation sites is 1. The number of nitrogens with zero attached hydrogens (tertiary/aromatic N) is 5. The summed E-state index contributed by atoms with van der Waals surface area (Å²) in [7, 11) is 0. The Morgan fingerprint density at radius 3 is 2.41 bits per heavy atom. The van der Waals surface area contributed by atoms with Gasteiger partial charge in [0.15, 0.2) is 5.69 Å². The van der Waals surface area contributed by atoms with E-state index in [0.717, 1.165) is 56.0 Å². The number of nitrogens with one attached hydrogen (secondary N) is 1. The molecular formula is C22H24N6O. The van der Waals surface area contributed by atoms with Crippen LogP contribution in [0.15, 0.2) is 54.7 Å². The van der Waals surface area contributed by atoms with Crippen LogP contribution in [0.3, 0.4) is 0 Å². The number of benzene rings is 1. The lowest BCUT2D eigenvalue weighted by Gasteiger charge is -2.33. The summed E-state index contributed by atoms with van der Waals surface area (Å²) in [6, 6.07) is 16.0. The molecule has 2 fully saturated rings. The molecule has 2 aromatic heterocycles. The molecule has 1 amide bonds.